The van der Waals surface area contributed by atoms with Crippen LogP contribution in [0.5, 0.6) is 0 Å². The minimum atomic E-state index is -1.42. The van der Waals surface area contributed by atoms with Crippen LogP contribution in [0.2, 0.25) is 5.02 Å². The maximum Gasteiger partial charge on any atom is 0.258 e. The highest BCUT2D eigenvalue weighted by molar-refractivity contribution is 7.85. The molecule has 1 unspecified atom stereocenters. The molecule has 21 heavy (non-hydrogen) atoms. The molecule has 0 bridgehead atoms. The fourth-order valence-electron chi connectivity index (χ4n) is 1.64. The van der Waals surface area contributed by atoms with Gasteiger partial charge < -0.3 is 4.98 Å². The molecule has 2 aromatic heterocycles. The largest absolute Gasteiger partial charge is 0.306 e. The summed E-state index contributed by atoms with van der Waals surface area (Å²) in [5.41, 5.74) is 0.929. The number of fused-ring (bicyclic) bond motifs is 1. The smallest absolute Gasteiger partial charge is 0.258 e. The third kappa shape index (κ3) is 3.57. The predicted molar refractivity (Wildman–Crippen MR) is 87.5 cm³/mol. The van der Waals surface area contributed by atoms with E-state index in [0.717, 1.165) is 0 Å². The topological polar surface area (TPSA) is 75.2 Å². The Balaban J connectivity index is 2.56. The molecule has 0 aliphatic heterocycles. The Morgan fingerprint density at radius 1 is 1.38 bits per heavy atom. The van der Waals surface area contributed by atoms with E-state index in [0.29, 0.717) is 27.3 Å². The minimum absolute atomic E-state index is 0.315. The van der Waals surface area contributed by atoms with E-state index in [2.05, 4.69) is 14.4 Å². The molecule has 0 aromatic carbocycles. The summed E-state index contributed by atoms with van der Waals surface area (Å²) >= 11 is 5.90. The number of nitrogens with zero attached hydrogens (tertiary/aromatic N) is 2. The number of H-pyrrole nitrogens is 1. The summed E-state index contributed by atoms with van der Waals surface area (Å²) in [5.74, 6) is 0. The summed E-state index contributed by atoms with van der Waals surface area (Å²) in [4.78, 5) is 18.8. The highest BCUT2D eigenvalue weighted by atomic mass is 35.5. The van der Waals surface area contributed by atoms with Gasteiger partial charge in [0.1, 0.15) is 16.6 Å². The first-order valence-electron chi connectivity index (χ1n) is 6.35. The van der Waals surface area contributed by atoms with Gasteiger partial charge in [0.15, 0.2) is 0 Å². The molecule has 0 saturated heterocycles. The first kappa shape index (κ1) is 15.9. The van der Waals surface area contributed by atoms with Crippen molar-refractivity contribution < 1.29 is 4.21 Å². The summed E-state index contributed by atoms with van der Waals surface area (Å²) in [5, 5.41) is 1.18. The van der Waals surface area contributed by atoms with Crippen molar-refractivity contribution in [3.8, 4) is 0 Å². The monoisotopic (exact) mass is 325 g/mol. The van der Waals surface area contributed by atoms with Crippen molar-refractivity contribution in [2.75, 3.05) is 0 Å². The average Bonchev–Trinajstić information content (AvgIpc) is 2.37. The lowest BCUT2D eigenvalue weighted by atomic mass is 10.1. The summed E-state index contributed by atoms with van der Waals surface area (Å²) in [7, 11) is -1.42. The van der Waals surface area contributed by atoms with Crippen LogP contribution in [0.4, 0.5) is 0 Å². The van der Waals surface area contributed by atoms with Crippen molar-refractivity contribution in [1.29, 1.82) is 0 Å². The molecule has 7 heteroatoms. The maximum absolute atomic E-state index is 12.1. The number of nitrogens with one attached hydrogen (secondary N) is 1. The number of hydrogen-bond acceptors (Lipinski definition) is 3. The molecule has 0 fully saturated rings. The lowest BCUT2D eigenvalue weighted by Gasteiger charge is -2.14. The van der Waals surface area contributed by atoms with Crippen LogP contribution in [0.15, 0.2) is 27.5 Å². The maximum atomic E-state index is 12.1. The SMILES string of the molecule is C/C(=N\S(=O)C(C)(C)C)c1cc2cc(Cl)cnc2[nH]c1=O. The molecule has 2 aromatic rings. The van der Waals surface area contributed by atoms with E-state index in [4.69, 9.17) is 11.6 Å². The second kappa shape index (κ2) is 5.69. The molecule has 0 radical (unpaired) electrons. The fraction of sp³-hybridized carbons (Fsp3) is 0.357. The van der Waals surface area contributed by atoms with Crippen LogP contribution in [0.1, 0.15) is 33.3 Å². The Labute approximate surface area is 130 Å². The molecular formula is C14H16ClN3O2S. The zero-order valence-electron chi connectivity index (χ0n) is 12.2. The van der Waals surface area contributed by atoms with Crippen molar-refractivity contribution >= 4 is 39.3 Å². The molecule has 1 N–H and O–H groups in total. The third-order valence-corrected chi connectivity index (χ3v) is 4.49. The number of halogens is 1. The van der Waals surface area contributed by atoms with Crippen molar-refractivity contribution in [2.24, 2.45) is 4.40 Å². The number of pyridine rings is 2. The van der Waals surface area contributed by atoms with E-state index in [1.165, 1.54) is 6.20 Å². The highest BCUT2D eigenvalue weighted by Crippen LogP contribution is 2.16. The first-order valence-corrected chi connectivity index (χ1v) is 7.83. The molecule has 5 nitrogen and oxygen atoms in total. The third-order valence-electron chi connectivity index (χ3n) is 2.79. The van der Waals surface area contributed by atoms with Crippen LogP contribution in [0.3, 0.4) is 0 Å². The van der Waals surface area contributed by atoms with Crippen LogP contribution >= 0.6 is 11.6 Å². The van der Waals surface area contributed by atoms with Gasteiger partial charge in [0.2, 0.25) is 0 Å². The number of rotatable bonds is 2. The van der Waals surface area contributed by atoms with Gasteiger partial charge in [0, 0.05) is 11.6 Å². The molecule has 0 aliphatic carbocycles. The predicted octanol–water partition coefficient (Wildman–Crippen LogP) is 2.85. The molecule has 0 amide bonds. The van der Waals surface area contributed by atoms with Crippen LogP contribution in [-0.2, 0) is 11.0 Å². The second-order valence-electron chi connectivity index (χ2n) is 5.64. The molecule has 0 saturated carbocycles. The molecule has 1 atom stereocenters. The number of hydrogen-bond donors (Lipinski definition) is 1. The fourth-order valence-corrected chi connectivity index (χ4v) is 2.43. The quantitative estimate of drug-likeness (QED) is 0.863. The average molecular weight is 326 g/mol. The molecule has 0 spiro atoms. The van der Waals surface area contributed by atoms with Crippen LogP contribution in [0.25, 0.3) is 11.0 Å². The summed E-state index contributed by atoms with van der Waals surface area (Å²) < 4.78 is 15.7. The van der Waals surface area contributed by atoms with Gasteiger partial charge in [-0.1, -0.05) is 11.6 Å². The summed E-state index contributed by atoms with van der Waals surface area (Å²) in [6.07, 6.45) is 1.47. The van der Waals surface area contributed by atoms with Gasteiger partial charge in [-0.05, 0) is 39.8 Å². The molecule has 112 valence electrons. The van der Waals surface area contributed by atoms with E-state index < -0.39 is 15.7 Å². The standard InChI is InChI=1S/C14H16ClN3O2S/c1-8(18-21(20)14(2,3)4)11-6-9-5-10(15)7-16-12(9)17-13(11)19/h5-7H,1-4H3,(H,16,17,19)/b18-8+. The Kier molecular flexibility index (Phi) is 4.30. The van der Waals surface area contributed by atoms with E-state index in [1.807, 2.05) is 20.8 Å². The van der Waals surface area contributed by atoms with Gasteiger partial charge in [0.25, 0.3) is 5.56 Å². The number of aromatic amines is 1. The van der Waals surface area contributed by atoms with Gasteiger partial charge >= 0.3 is 0 Å². The minimum Gasteiger partial charge on any atom is -0.306 e. The lowest BCUT2D eigenvalue weighted by molar-refractivity contribution is 0.650. The van der Waals surface area contributed by atoms with E-state index in [9.17, 15) is 9.00 Å². The zero-order valence-corrected chi connectivity index (χ0v) is 13.8. The van der Waals surface area contributed by atoms with Crippen LogP contribution < -0.4 is 5.56 Å². The Morgan fingerprint density at radius 2 is 2.05 bits per heavy atom. The molecule has 0 aliphatic rings. The molecule has 2 heterocycles. The van der Waals surface area contributed by atoms with E-state index in [1.54, 1.807) is 19.1 Å². The van der Waals surface area contributed by atoms with Crippen molar-refractivity contribution in [2.45, 2.75) is 32.4 Å². The van der Waals surface area contributed by atoms with Gasteiger partial charge in [-0.25, -0.2) is 9.19 Å². The Morgan fingerprint density at radius 3 is 2.67 bits per heavy atom. The Hall–Kier alpha value is -1.53. The zero-order chi connectivity index (χ0) is 15.8. The van der Waals surface area contributed by atoms with Crippen LogP contribution in [-0.4, -0.2) is 24.6 Å². The molecule has 2 rings (SSSR count). The lowest BCUT2D eigenvalue weighted by Crippen LogP contribution is -2.22. The van der Waals surface area contributed by atoms with E-state index >= 15 is 0 Å². The van der Waals surface area contributed by atoms with Gasteiger partial charge in [0.05, 0.1) is 21.0 Å². The summed E-state index contributed by atoms with van der Waals surface area (Å²) in [6.45, 7) is 7.15. The van der Waals surface area contributed by atoms with Gasteiger partial charge in [-0.15, -0.1) is 0 Å². The van der Waals surface area contributed by atoms with Crippen molar-refractivity contribution in [3.63, 3.8) is 0 Å². The molecular weight excluding hydrogens is 310 g/mol. The highest BCUT2D eigenvalue weighted by Gasteiger charge is 2.20. The van der Waals surface area contributed by atoms with Gasteiger partial charge in [-0.2, -0.15) is 4.40 Å². The van der Waals surface area contributed by atoms with E-state index in [-0.39, 0.29) is 5.56 Å². The van der Waals surface area contributed by atoms with Crippen molar-refractivity contribution in [1.82, 2.24) is 9.97 Å². The summed E-state index contributed by atoms with van der Waals surface area (Å²) in [6, 6.07) is 3.36. The Bertz CT molecular complexity index is 806. The number of aromatic nitrogens is 2. The normalized spacial score (nSPS) is 14.4. The second-order valence-corrected chi connectivity index (χ2v) is 7.98. The van der Waals surface area contributed by atoms with Crippen molar-refractivity contribution in [3.05, 3.63) is 39.3 Å². The van der Waals surface area contributed by atoms with Crippen LogP contribution in [0, 0.1) is 0 Å². The van der Waals surface area contributed by atoms with Gasteiger partial charge in [-0.3, -0.25) is 4.79 Å². The first-order chi connectivity index (χ1) is 9.68.